The van der Waals surface area contributed by atoms with Crippen molar-refractivity contribution in [3.05, 3.63) is 83.4 Å². The maximum atomic E-state index is 2.32. The van der Waals surface area contributed by atoms with E-state index in [-0.39, 0.29) is 5.41 Å². The quantitative estimate of drug-likeness (QED) is 0.481. The van der Waals surface area contributed by atoms with Crippen LogP contribution < -0.4 is 0 Å². The Morgan fingerprint density at radius 3 is 1.88 bits per heavy atom. The van der Waals surface area contributed by atoms with Crippen LogP contribution in [0.15, 0.2) is 66.7 Å². The van der Waals surface area contributed by atoms with Crippen molar-refractivity contribution < 1.29 is 0 Å². The molecule has 3 aromatic rings. The standard InChI is InChI=1S/C24H26/c1-17-11-9-10-14-20(17)21-15-16-22(24(3,4)5)23(18(21)2)19-12-7-6-8-13-19/h6-16H,1-5H3. The van der Waals surface area contributed by atoms with Crippen molar-refractivity contribution in [2.24, 2.45) is 0 Å². The average Bonchev–Trinajstić information content (AvgIpc) is 2.55. The third-order valence-electron chi connectivity index (χ3n) is 4.77. The summed E-state index contributed by atoms with van der Waals surface area (Å²) < 4.78 is 0. The van der Waals surface area contributed by atoms with Crippen LogP contribution >= 0.6 is 0 Å². The molecule has 0 fully saturated rings. The van der Waals surface area contributed by atoms with Crippen LogP contribution in [0.4, 0.5) is 0 Å². The molecule has 0 spiro atoms. The van der Waals surface area contributed by atoms with Gasteiger partial charge < -0.3 is 0 Å². The van der Waals surface area contributed by atoms with Crippen LogP contribution in [0.1, 0.15) is 37.5 Å². The average molecular weight is 314 g/mol. The zero-order chi connectivity index (χ0) is 17.3. The van der Waals surface area contributed by atoms with E-state index in [0.717, 1.165) is 0 Å². The van der Waals surface area contributed by atoms with Crippen molar-refractivity contribution in [2.45, 2.75) is 40.0 Å². The van der Waals surface area contributed by atoms with E-state index in [1.807, 2.05) is 0 Å². The van der Waals surface area contributed by atoms with E-state index >= 15 is 0 Å². The summed E-state index contributed by atoms with van der Waals surface area (Å²) in [7, 11) is 0. The molecule has 0 unspecified atom stereocenters. The molecular weight excluding hydrogens is 288 g/mol. The van der Waals surface area contributed by atoms with Crippen molar-refractivity contribution >= 4 is 0 Å². The lowest BCUT2D eigenvalue weighted by atomic mass is 9.78. The first-order valence-corrected chi connectivity index (χ1v) is 8.65. The van der Waals surface area contributed by atoms with Crippen molar-refractivity contribution in [3.8, 4) is 22.3 Å². The first-order valence-electron chi connectivity index (χ1n) is 8.65. The van der Waals surface area contributed by atoms with E-state index in [1.54, 1.807) is 0 Å². The van der Waals surface area contributed by atoms with Crippen LogP contribution in [0.3, 0.4) is 0 Å². The van der Waals surface area contributed by atoms with E-state index in [2.05, 4.69) is 101 Å². The normalized spacial score (nSPS) is 11.5. The summed E-state index contributed by atoms with van der Waals surface area (Å²) in [6.45, 7) is 11.3. The smallest absolute Gasteiger partial charge is 0.0111 e. The lowest BCUT2D eigenvalue weighted by molar-refractivity contribution is 0.591. The highest BCUT2D eigenvalue weighted by atomic mass is 14.3. The van der Waals surface area contributed by atoms with Gasteiger partial charge in [0.05, 0.1) is 0 Å². The van der Waals surface area contributed by atoms with Crippen LogP contribution in [0.25, 0.3) is 22.3 Å². The molecule has 0 bridgehead atoms. The van der Waals surface area contributed by atoms with Gasteiger partial charge in [0.1, 0.15) is 0 Å². The summed E-state index contributed by atoms with van der Waals surface area (Å²) in [6, 6.07) is 24.0. The molecule has 0 amide bonds. The summed E-state index contributed by atoms with van der Waals surface area (Å²) in [4.78, 5) is 0. The second-order valence-corrected chi connectivity index (χ2v) is 7.59. The summed E-state index contributed by atoms with van der Waals surface area (Å²) in [5, 5.41) is 0. The van der Waals surface area contributed by atoms with E-state index in [1.165, 1.54) is 38.9 Å². The van der Waals surface area contributed by atoms with Crippen molar-refractivity contribution in [2.75, 3.05) is 0 Å². The van der Waals surface area contributed by atoms with E-state index in [9.17, 15) is 0 Å². The van der Waals surface area contributed by atoms with Gasteiger partial charge >= 0.3 is 0 Å². The lowest BCUT2D eigenvalue weighted by Crippen LogP contribution is -2.14. The van der Waals surface area contributed by atoms with Crippen molar-refractivity contribution in [1.29, 1.82) is 0 Å². The number of hydrogen-bond acceptors (Lipinski definition) is 0. The monoisotopic (exact) mass is 314 g/mol. The van der Waals surface area contributed by atoms with Gasteiger partial charge in [0.25, 0.3) is 0 Å². The Balaban J connectivity index is 2.32. The second kappa shape index (κ2) is 6.28. The van der Waals surface area contributed by atoms with Gasteiger partial charge in [0.2, 0.25) is 0 Å². The Morgan fingerprint density at radius 2 is 1.25 bits per heavy atom. The molecule has 24 heavy (non-hydrogen) atoms. The van der Waals surface area contributed by atoms with Gasteiger partial charge in [-0.2, -0.15) is 0 Å². The Bertz CT molecular complexity index is 849. The Labute approximate surface area is 146 Å². The molecule has 3 rings (SSSR count). The van der Waals surface area contributed by atoms with Gasteiger partial charge in [-0.05, 0) is 58.2 Å². The van der Waals surface area contributed by atoms with Crippen LogP contribution in [-0.2, 0) is 5.41 Å². The molecule has 0 aliphatic heterocycles. The van der Waals surface area contributed by atoms with E-state index in [4.69, 9.17) is 0 Å². The molecule has 0 saturated carbocycles. The van der Waals surface area contributed by atoms with Crippen LogP contribution in [0.5, 0.6) is 0 Å². The predicted octanol–water partition coefficient (Wildman–Crippen LogP) is 6.93. The van der Waals surface area contributed by atoms with Gasteiger partial charge in [0, 0.05) is 0 Å². The zero-order valence-electron chi connectivity index (χ0n) is 15.4. The van der Waals surface area contributed by atoms with Gasteiger partial charge in [0.15, 0.2) is 0 Å². The molecular formula is C24H26. The maximum absolute atomic E-state index is 2.32. The Kier molecular flexibility index (Phi) is 4.32. The van der Waals surface area contributed by atoms with Gasteiger partial charge in [-0.1, -0.05) is 87.5 Å². The van der Waals surface area contributed by atoms with Crippen molar-refractivity contribution in [3.63, 3.8) is 0 Å². The fourth-order valence-corrected chi connectivity index (χ4v) is 3.48. The fourth-order valence-electron chi connectivity index (χ4n) is 3.48. The fraction of sp³-hybridized carbons (Fsp3) is 0.250. The molecule has 0 radical (unpaired) electrons. The third kappa shape index (κ3) is 3.01. The summed E-state index contributed by atoms with van der Waals surface area (Å²) >= 11 is 0. The molecule has 0 aromatic heterocycles. The largest absolute Gasteiger partial charge is 0.0622 e. The first kappa shape index (κ1) is 16.5. The molecule has 0 aliphatic carbocycles. The maximum Gasteiger partial charge on any atom is -0.0111 e. The highest BCUT2D eigenvalue weighted by Crippen LogP contribution is 2.40. The van der Waals surface area contributed by atoms with Crippen LogP contribution in [0.2, 0.25) is 0 Å². The molecule has 0 atom stereocenters. The minimum atomic E-state index is 0.111. The minimum absolute atomic E-state index is 0.111. The molecule has 122 valence electrons. The molecule has 0 saturated heterocycles. The van der Waals surface area contributed by atoms with Gasteiger partial charge in [-0.15, -0.1) is 0 Å². The van der Waals surface area contributed by atoms with E-state index < -0.39 is 0 Å². The number of rotatable bonds is 2. The lowest BCUT2D eigenvalue weighted by Gasteiger charge is -2.26. The highest BCUT2D eigenvalue weighted by Gasteiger charge is 2.22. The van der Waals surface area contributed by atoms with Crippen LogP contribution in [0, 0.1) is 13.8 Å². The number of aryl methyl sites for hydroxylation is 1. The second-order valence-electron chi connectivity index (χ2n) is 7.59. The zero-order valence-corrected chi connectivity index (χ0v) is 15.4. The Hall–Kier alpha value is -2.34. The van der Waals surface area contributed by atoms with Crippen LogP contribution in [-0.4, -0.2) is 0 Å². The molecule has 0 nitrogen and oxygen atoms in total. The summed E-state index contributed by atoms with van der Waals surface area (Å²) in [5.41, 5.74) is 9.54. The topological polar surface area (TPSA) is 0 Å². The summed E-state index contributed by atoms with van der Waals surface area (Å²) in [5.74, 6) is 0. The molecule has 0 aliphatic rings. The van der Waals surface area contributed by atoms with Crippen molar-refractivity contribution in [1.82, 2.24) is 0 Å². The molecule has 0 N–H and O–H groups in total. The predicted molar refractivity (Wildman–Crippen MR) is 105 cm³/mol. The molecule has 3 aromatic carbocycles. The van der Waals surface area contributed by atoms with Gasteiger partial charge in [-0.25, -0.2) is 0 Å². The third-order valence-corrected chi connectivity index (χ3v) is 4.77. The minimum Gasteiger partial charge on any atom is -0.0622 e. The number of benzene rings is 3. The number of hydrogen-bond donors (Lipinski definition) is 0. The summed E-state index contributed by atoms with van der Waals surface area (Å²) in [6.07, 6.45) is 0. The first-order chi connectivity index (χ1) is 11.4. The van der Waals surface area contributed by atoms with Gasteiger partial charge in [-0.3, -0.25) is 0 Å². The Morgan fingerprint density at radius 1 is 0.625 bits per heavy atom. The van der Waals surface area contributed by atoms with E-state index in [0.29, 0.717) is 0 Å². The molecule has 0 heterocycles. The molecule has 0 heteroatoms. The highest BCUT2D eigenvalue weighted by molar-refractivity contribution is 5.82. The SMILES string of the molecule is Cc1ccccc1-c1ccc(C(C)(C)C)c(-c2ccccc2)c1C.